The average Bonchev–Trinajstić information content (AvgIpc) is 2.59. The first-order chi connectivity index (χ1) is 12.7. The van der Waals surface area contributed by atoms with Crippen LogP contribution in [-0.2, 0) is 19.2 Å². The molecule has 0 aliphatic carbocycles. The van der Waals surface area contributed by atoms with Crippen molar-refractivity contribution in [1.29, 1.82) is 0 Å². The van der Waals surface area contributed by atoms with Gasteiger partial charge in [0.2, 0.25) is 17.7 Å². The number of primary amides is 1. The van der Waals surface area contributed by atoms with E-state index in [4.69, 9.17) is 22.9 Å². The van der Waals surface area contributed by atoms with Crippen LogP contribution in [0.1, 0.15) is 44.9 Å². The summed E-state index contributed by atoms with van der Waals surface area (Å²) in [6.45, 7) is 0.843. The smallest absolute Gasteiger partial charge is 0.326 e. The number of carboxylic acid groups (broad SMARTS) is 1. The second kappa shape index (κ2) is 13.9. The lowest BCUT2D eigenvalue weighted by atomic mass is 10.1. The maximum absolute atomic E-state index is 12.5. The highest BCUT2D eigenvalue weighted by Gasteiger charge is 2.27. The van der Waals surface area contributed by atoms with E-state index in [-0.39, 0.29) is 19.3 Å². The third-order valence-corrected chi connectivity index (χ3v) is 3.90. The molecule has 0 aromatic rings. The molecular formula is C16H32N6O5. The number of amides is 3. The number of carbonyl (C=O) groups is 4. The summed E-state index contributed by atoms with van der Waals surface area (Å²) in [5.74, 6) is -3.26. The molecule has 0 aliphatic rings. The summed E-state index contributed by atoms with van der Waals surface area (Å²) < 4.78 is 0. The monoisotopic (exact) mass is 388 g/mol. The summed E-state index contributed by atoms with van der Waals surface area (Å²) in [5.41, 5.74) is 21.4. The fourth-order valence-electron chi connectivity index (χ4n) is 2.37. The lowest BCUT2D eigenvalue weighted by molar-refractivity contribution is -0.142. The first kappa shape index (κ1) is 24.8. The van der Waals surface area contributed by atoms with Gasteiger partial charge < -0.3 is 38.7 Å². The Kier molecular flexibility index (Phi) is 12.7. The Morgan fingerprint density at radius 1 is 0.815 bits per heavy atom. The molecule has 0 saturated carbocycles. The van der Waals surface area contributed by atoms with Crippen LogP contribution in [0.4, 0.5) is 0 Å². The number of hydrogen-bond donors (Lipinski definition) is 7. The fourth-order valence-corrected chi connectivity index (χ4v) is 2.37. The fraction of sp³-hybridized carbons (Fsp3) is 0.750. The van der Waals surface area contributed by atoms with Crippen LogP contribution >= 0.6 is 0 Å². The number of nitrogens with one attached hydrogen (secondary N) is 2. The number of hydrogen-bond acceptors (Lipinski definition) is 7. The Balaban J connectivity index is 4.96. The first-order valence-corrected chi connectivity index (χ1v) is 9.00. The predicted molar refractivity (Wildman–Crippen MR) is 99.1 cm³/mol. The second-order valence-electron chi connectivity index (χ2n) is 6.31. The van der Waals surface area contributed by atoms with E-state index in [1.54, 1.807) is 0 Å². The lowest BCUT2D eigenvalue weighted by Crippen LogP contribution is -2.54. The quantitative estimate of drug-likeness (QED) is 0.148. The molecule has 0 saturated heterocycles. The van der Waals surface area contributed by atoms with Crippen molar-refractivity contribution in [2.75, 3.05) is 13.1 Å². The molecule has 0 bridgehead atoms. The minimum Gasteiger partial charge on any atom is -0.480 e. The van der Waals surface area contributed by atoms with Crippen LogP contribution in [0, 0.1) is 0 Å². The molecule has 156 valence electrons. The molecule has 0 aliphatic heterocycles. The largest absolute Gasteiger partial charge is 0.480 e. The molecule has 0 heterocycles. The van der Waals surface area contributed by atoms with Gasteiger partial charge in [-0.2, -0.15) is 0 Å². The highest BCUT2D eigenvalue weighted by molar-refractivity contribution is 5.93. The van der Waals surface area contributed by atoms with E-state index in [1.165, 1.54) is 0 Å². The van der Waals surface area contributed by atoms with E-state index in [2.05, 4.69) is 10.6 Å². The molecule has 3 amide bonds. The third kappa shape index (κ3) is 11.2. The average molecular weight is 388 g/mol. The zero-order valence-electron chi connectivity index (χ0n) is 15.5. The predicted octanol–water partition coefficient (Wildman–Crippen LogP) is -2.50. The lowest BCUT2D eigenvalue weighted by Gasteiger charge is -2.22. The maximum atomic E-state index is 12.5. The number of aliphatic carboxylic acids is 1. The molecular weight excluding hydrogens is 356 g/mol. The second-order valence-corrected chi connectivity index (χ2v) is 6.31. The van der Waals surface area contributed by atoms with Crippen LogP contribution in [-0.4, -0.2) is 60.0 Å². The highest BCUT2D eigenvalue weighted by Crippen LogP contribution is 2.05. The molecule has 0 radical (unpaired) electrons. The van der Waals surface area contributed by atoms with Gasteiger partial charge in [0, 0.05) is 0 Å². The van der Waals surface area contributed by atoms with E-state index in [0.717, 1.165) is 0 Å². The van der Waals surface area contributed by atoms with Crippen LogP contribution in [0.25, 0.3) is 0 Å². The maximum Gasteiger partial charge on any atom is 0.326 e. The summed E-state index contributed by atoms with van der Waals surface area (Å²) in [6, 6.07) is -3.26. The van der Waals surface area contributed by atoms with E-state index in [1.807, 2.05) is 0 Å². The minimum atomic E-state index is -1.19. The van der Waals surface area contributed by atoms with Gasteiger partial charge >= 0.3 is 5.97 Å². The SMILES string of the molecule is NCCCC[C@H](NC(=O)[C@H](CCCCN)NC(=O)[C@@H](N)CC(N)=O)C(=O)O. The molecule has 11 nitrogen and oxygen atoms in total. The van der Waals surface area contributed by atoms with Crippen LogP contribution in [0.3, 0.4) is 0 Å². The van der Waals surface area contributed by atoms with Gasteiger partial charge in [0.25, 0.3) is 0 Å². The molecule has 3 atom stereocenters. The van der Waals surface area contributed by atoms with E-state index in [9.17, 15) is 24.3 Å². The molecule has 0 aromatic heterocycles. The molecule has 0 spiro atoms. The number of rotatable bonds is 15. The van der Waals surface area contributed by atoms with Crippen LogP contribution in [0.5, 0.6) is 0 Å². The highest BCUT2D eigenvalue weighted by atomic mass is 16.4. The molecule has 0 fully saturated rings. The Labute approximate surface area is 158 Å². The summed E-state index contributed by atoms with van der Waals surface area (Å²) in [5, 5.41) is 14.2. The number of carboxylic acids is 1. The standard InChI is InChI=1S/C16H32N6O5/c17-7-3-1-5-11(21-14(24)10(19)9-13(20)23)15(25)22-12(16(26)27)6-2-4-8-18/h10-12H,1-9,17-19H2,(H2,20,23)(H,21,24)(H,22,25)(H,26,27)/t10-,11-,12-/m0/s1. The van der Waals surface area contributed by atoms with Gasteiger partial charge in [-0.3, -0.25) is 14.4 Å². The van der Waals surface area contributed by atoms with Crippen molar-refractivity contribution in [2.45, 2.75) is 63.1 Å². The van der Waals surface area contributed by atoms with E-state index < -0.39 is 41.8 Å². The van der Waals surface area contributed by atoms with Gasteiger partial charge in [-0.05, 0) is 51.6 Å². The molecule has 11 N–H and O–H groups in total. The normalized spacial score (nSPS) is 14.0. The van der Waals surface area contributed by atoms with Crippen molar-refractivity contribution in [1.82, 2.24) is 10.6 Å². The van der Waals surface area contributed by atoms with Gasteiger partial charge in [-0.15, -0.1) is 0 Å². The van der Waals surface area contributed by atoms with E-state index >= 15 is 0 Å². The van der Waals surface area contributed by atoms with Crippen molar-refractivity contribution >= 4 is 23.7 Å². The Morgan fingerprint density at radius 3 is 1.74 bits per heavy atom. The van der Waals surface area contributed by atoms with Crippen molar-refractivity contribution in [3.8, 4) is 0 Å². The summed E-state index contributed by atoms with van der Waals surface area (Å²) in [4.78, 5) is 46.8. The molecule has 0 aromatic carbocycles. The van der Waals surface area contributed by atoms with E-state index in [0.29, 0.717) is 38.8 Å². The van der Waals surface area contributed by atoms with Gasteiger partial charge in [0.05, 0.1) is 12.5 Å². The van der Waals surface area contributed by atoms with Gasteiger partial charge in [0.15, 0.2) is 0 Å². The molecule has 27 heavy (non-hydrogen) atoms. The summed E-state index contributed by atoms with van der Waals surface area (Å²) in [6.07, 6.45) is 2.48. The van der Waals surface area contributed by atoms with Gasteiger partial charge in [0.1, 0.15) is 12.1 Å². The molecule has 0 unspecified atom stereocenters. The number of carbonyl (C=O) groups excluding carboxylic acids is 3. The van der Waals surface area contributed by atoms with Crippen LogP contribution in [0.15, 0.2) is 0 Å². The third-order valence-electron chi connectivity index (χ3n) is 3.90. The summed E-state index contributed by atoms with van der Waals surface area (Å²) >= 11 is 0. The topological polar surface area (TPSA) is 217 Å². The zero-order valence-corrected chi connectivity index (χ0v) is 15.5. The Hall–Kier alpha value is -2.24. The van der Waals surface area contributed by atoms with Crippen LogP contribution in [0.2, 0.25) is 0 Å². The first-order valence-electron chi connectivity index (χ1n) is 9.00. The Bertz CT molecular complexity index is 502. The van der Waals surface area contributed by atoms with Crippen LogP contribution < -0.4 is 33.6 Å². The number of unbranched alkanes of at least 4 members (excludes halogenated alkanes) is 2. The Morgan fingerprint density at radius 2 is 1.30 bits per heavy atom. The molecule has 11 heteroatoms. The summed E-state index contributed by atoms with van der Waals surface area (Å²) in [7, 11) is 0. The van der Waals surface area contributed by atoms with Crippen molar-refractivity contribution in [3.05, 3.63) is 0 Å². The van der Waals surface area contributed by atoms with Gasteiger partial charge in [-0.25, -0.2) is 4.79 Å². The van der Waals surface area contributed by atoms with Gasteiger partial charge in [-0.1, -0.05) is 0 Å². The van der Waals surface area contributed by atoms with Crippen molar-refractivity contribution in [3.63, 3.8) is 0 Å². The zero-order chi connectivity index (χ0) is 20.8. The van der Waals surface area contributed by atoms with Crippen molar-refractivity contribution < 1.29 is 24.3 Å². The minimum absolute atomic E-state index is 0.225. The van der Waals surface area contributed by atoms with Crippen molar-refractivity contribution in [2.24, 2.45) is 22.9 Å². The molecule has 0 rings (SSSR count). The number of nitrogens with two attached hydrogens (primary N) is 4.